The lowest BCUT2D eigenvalue weighted by atomic mass is 10.1. The second-order valence-electron chi connectivity index (χ2n) is 6.51. The van der Waals surface area contributed by atoms with E-state index in [0.717, 1.165) is 44.5 Å². The molecule has 0 aromatic heterocycles. The molecule has 1 heterocycles. The molecule has 2 rings (SSSR count). The van der Waals surface area contributed by atoms with Gasteiger partial charge < -0.3 is 15.5 Å². The largest absolute Gasteiger partial charge is 0.357 e. The topological polar surface area (TPSA) is 39.7 Å². The molecule has 2 N–H and O–H groups in total. The van der Waals surface area contributed by atoms with Crippen LogP contribution < -0.4 is 10.6 Å². The third kappa shape index (κ3) is 6.61. The van der Waals surface area contributed by atoms with E-state index in [0.29, 0.717) is 24.6 Å². The Bertz CT molecular complexity index is 554. The van der Waals surface area contributed by atoms with Crippen molar-refractivity contribution in [3.63, 3.8) is 0 Å². The molecule has 1 aliphatic rings. The van der Waals surface area contributed by atoms with Crippen LogP contribution in [0, 0.1) is 11.6 Å². The monoisotopic (exact) mass is 352 g/mol. The summed E-state index contributed by atoms with van der Waals surface area (Å²) in [6.45, 7) is 8.81. The first kappa shape index (κ1) is 19.6. The Hall–Kier alpha value is -1.69. The van der Waals surface area contributed by atoms with Crippen LogP contribution in [0.5, 0.6) is 0 Å². The minimum Gasteiger partial charge on any atom is -0.357 e. The molecular formula is C19H30F2N4. The first-order valence-corrected chi connectivity index (χ1v) is 9.33. The van der Waals surface area contributed by atoms with Gasteiger partial charge in [0.25, 0.3) is 0 Å². The number of piperidine rings is 1. The number of rotatable bonds is 7. The zero-order valence-electron chi connectivity index (χ0n) is 15.3. The van der Waals surface area contributed by atoms with Crippen LogP contribution in [0.3, 0.4) is 0 Å². The number of halogens is 2. The maximum atomic E-state index is 13.7. The minimum atomic E-state index is -0.413. The highest BCUT2D eigenvalue weighted by atomic mass is 19.1. The molecule has 1 aromatic rings. The van der Waals surface area contributed by atoms with Gasteiger partial charge in [-0.1, -0.05) is 6.92 Å². The van der Waals surface area contributed by atoms with Gasteiger partial charge in [0.1, 0.15) is 11.6 Å². The lowest BCUT2D eigenvalue weighted by molar-refractivity contribution is 0.206. The average molecular weight is 352 g/mol. The first-order chi connectivity index (χ1) is 12.1. The van der Waals surface area contributed by atoms with Crippen LogP contribution >= 0.6 is 0 Å². The van der Waals surface area contributed by atoms with E-state index < -0.39 is 5.82 Å². The van der Waals surface area contributed by atoms with Crippen molar-refractivity contribution in [3.05, 3.63) is 35.4 Å². The van der Waals surface area contributed by atoms with Gasteiger partial charge in [0, 0.05) is 32.2 Å². The summed E-state index contributed by atoms with van der Waals surface area (Å²) in [5.74, 6) is -0.0321. The summed E-state index contributed by atoms with van der Waals surface area (Å²) < 4.78 is 26.9. The van der Waals surface area contributed by atoms with Gasteiger partial charge in [0.05, 0.1) is 0 Å². The lowest BCUT2D eigenvalue weighted by Gasteiger charge is -2.32. The third-order valence-electron chi connectivity index (χ3n) is 4.47. The number of nitrogens with zero attached hydrogens (tertiary/aromatic N) is 2. The standard InChI is InChI=1S/C19H30F2N4/c1-3-11-25-12-8-17(9-13-25)24-19(22-4-2)23-10-7-15-14-16(20)5-6-18(15)21/h5-6,14,17H,3-4,7-13H2,1-2H3,(H2,22,23,24). The van der Waals surface area contributed by atoms with E-state index in [1.165, 1.54) is 25.1 Å². The maximum absolute atomic E-state index is 13.7. The van der Waals surface area contributed by atoms with Crippen LogP contribution in [-0.4, -0.2) is 49.6 Å². The maximum Gasteiger partial charge on any atom is 0.191 e. The van der Waals surface area contributed by atoms with Crippen molar-refractivity contribution in [2.75, 3.05) is 32.7 Å². The van der Waals surface area contributed by atoms with Gasteiger partial charge in [-0.3, -0.25) is 4.99 Å². The Balaban J connectivity index is 1.85. The van der Waals surface area contributed by atoms with Crippen LogP contribution in [0.1, 0.15) is 38.7 Å². The molecule has 0 unspecified atom stereocenters. The SMILES string of the molecule is CCCN1CCC(NC(=NCCc2cc(F)ccc2F)NCC)CC1. The summed E-state index contributed by atoms with van der Waals surface area (Å²) in [5, 5.41) is 6.71. The molecule has 6 heteroatoms. The Morgan fingerprint density at radius 2 is 2.00 bits per heavy atom. The summed E-state index contributed by atoms with van der Waals surface area (Å²) in [5.41, 5.74) is 0.368. The molecule has 0 radical (unpaired) electrons. The van der Waals surface area contributed by atoms with Gasteiger partial charge in [-0.05, 0) is 62.9 Å². The van der Waals surface area contributed by atoms with Crippen molar-refractivity contribution in [1.29, 1.82) is 0 Å². The number of aliphatic imine (C=N–C) groups is 1. The predicted octanol–water partition coefficient (Wildman–Crippen LogP) is 2.94. The summed E-state index contributed by atoms with van der Waals surface area (Å²) in [6, 6.07) is 3.96. The summed E-state index contributed by atoms with van der Waals surface area (Å²) >= 11 is 0. The van der Waals surface area contributed by atoms with Gasteiger partial charge >= 0.3 is 0 Å². The smallest absolute Gasteiger partial charge is 0.191 e. The molecular weight excluding hydrogens is 322 g/mol. The van der Waals surface area contributed by atoms with Gasteiger partial charge in [-0.25, -0.2) is 8.78 Å². The van der Waals surface area contributed by atoms with Crippen molar-refractivity contribution < 1.29 is 8.78 Å². The normalized spacial score (nSPS) is 16.9. The first-order valence-electron chi connectivity index (χ1n) is 9.33. The molecule has 0 atom stereocenters. The lowest BCUT2D eigenvalue weighted by Crippen LogP contribution is -2.48. The molecule has 1 aromatic carbocycles. The molecule has 140 valence electrons. The van der Waals surface area contributed by atoms with Gasteiger partial charge in [0.2, 0.25) is 0 Å². The fourth-order valence-corrected chi connectivity index (χ4v) is 3.15. The second kappa shape index (κ2) is 10.3. The van der Waals surface area contributed by atoms with E-state index >= 15 is 0 Å². The predicted molar refractivity (Wildman–Crippen MR) is 98.9 cm³/mol. The molecule has 0 saturated carbocycles. The summed E-state index contributed by atoms with van der Waals surface area (Å²) in [4.78, 5) is 7.02. The minimum absolute atomic E-state index is 0.368. The van der Waals surface area contributed by atoms with E-state index in [1.807, 2.05) is 6.92 Å². The highest BCUT2D eigenvalue weighted by molar-refractivity contribution is 5.80. The van der Waals surface area contributed by atoms with Crippen molar-refractivity contribution in [1.82, 2.24) is 15.5 Å². The number of hydrogen-bond donors (Lipinski definition) is 2. The molecule has 0 amide bonds. The Morgan fingerprint density at radius 3 is 2.68 bits per heavy atom. The number of nitrogens with one attached hydrogen (secondary N) is 2. The molecule has 1 aliphatic heterocycles. The Morgan fingerprint density at radius 1 is 1.24 bits per heavy atom. The van der Waals surface area contributed by atoms with Gasteiger partial charge in [-0.2, -0.15) is 0 Å². The van der Waals surface area contributed by atoms with Crippen molar-refractivity contribution in [2.24, 2.45) is 4.99 Å². The Labute approximate surface area is 149 Å². The quantitative estimate of drug-likeness (QED) is 0.585. The molecule has 1 fully saturated rings. The van der Waals surface area contributed by atoms with Crippen molar-refractivity contribution >= 4 is 5.96 Å². The van der Waals surface area contributed by atoms with Crippen LogP contribution in [0.4, 0.5) is 8.78 Å². The fraction of sp³-hybridized carbons (Fsp3) is 0.632. The fourth-order valence-electron chi connectivity index (χ4n) is 3.15. The second-order valence-corrected chi connectivity index (χ2v) is 6.51. The van der Waals surface area contributed by atoms with Crippen molar-refractivity contribution in [3.8, 4) is 0 Å². The van der Waals surface area contributed by atoms with E-state index in [-0.39, 0.29) is 5.82 Å². The average Bonchev–Trinajstić information content (AvgIpc) is 2.60. The molecule has 4 nitrogen and oxygen atoms in total. The molecule has 1 saturated heterocycles. The van der Waals surface area contributed by atoms with Crippen LogP contribution in [-0.2, 0) is 6.42 Å². The molecule has 25 heavy (non-hydrogen) atoms. The highest BCUT2D eigenvalue weighted by Gasteiger charge is 2.19. The van der Waals surface area contributed by atoms with E-state index in [1.54, 1.807) is 0 Å². The summed E-state index contributed by atoms with van der Waals surface area (Å²) in [7, 11) is 0. The van der Waals surface area contributed by atoms with E-state index in [4.69, 9.17) is 0 Å². The number of benzene rings is 1. The third-order valence-corrected chi connectivity index (χ3v) is 4.47. The number of hydrogen-bond acceptors (Lipinski definition) is 2. The van der Waals surface area contributed by atoms with Crippen LogP contribution in [0.2, 0.25) is 0 Å². The van der Waals surface area contributed by atoms with E-state index in [2.05, 4.69) is 27.4 Å². The zero-order chi connectivity index (χ0) is 18.1. The van der Waals surface area contributed by atoms with Crippen LogP contribution in [0.25, 0.3) is 0 Å². The van der Waals surface area contributed by atoms with Crippen molar-refractivity contribution in [2.45, 2.75) is 45.6 Å². The zero-order valence-corrected chi connectivity index (χ0v) is 15.3. The van der Waals surface area contributed by atoms with Gasteiger partial charge in [-0.15, -0.1) is 0 Å². The molecule has 0 spiro atoms. The van der Waals surface area contributed by atoms with Crippen LogP contribution in [0.15, 0.2) is 23.2 Å². The van der Waals surface area contributed by atoms with E-state index in [9.17, 15) is 8.78 Å². The number of likely N-dealkylation sites (tertiary alicyclic amines) is 1. The molecule has 0 aliphatic carbocycles. The molecule has 0 bridgehead atoms. The Kier molecular flexibility index (Phi) is 8.12. The highest BCUT2D eigenvalue weighted by Crippen LogP contribution is 2.11. The van der Waals surface area contributed by atoms with Gasteiger partial charge in [0.15, 0.2) is 5.96 Å². The summed E-state index contributed by atoms with van der Waals surface area (Å²) in [6.07, 6.45) is 3.78. The number of guanidine groups is 1.